The van der Waals surface area contributed by atoms with Gasteiger partial charge >= 0.3 is 0 Å². The van der Waals surface area contributed by atoms with E-state index in [9.17, 15) is 0 Å². The zero-order valence-corrected chi connectivity index (χ0v) is 12.3. The molecule has 102 valence electrons. The summed E-state index contributed by atoms with van der Waals surface area (Å²) < 4.78 is 0. The SMILES string of the molecule is CCCC(C)NCC(C)N(C)C1CCCCC1. The Morgan fingerprint density at radius 3 is 2.41 bits per heavy atom. The summed E-state index contributed by atoms with van der Waals surface area (Å²) in [6.45, 7) is 8.06. The summed E-state index contributed by atoms with van der Waals surface area (Å²) in [5, 5.41) is 3.66. The molecule has 2 atom stereocenters. The zero-order chi connectivity index (χ0) is 12.7. The van der Waals surface area contributed by atoms with E-state index in [1.165, 1.54) is 44.9 Å². The van der Waals surface area contributed by atoms with Crippen molar-refractivity contribution >= 4 is 0 Å². The number of hydrogen-bond donors (Lipinski definition) is 1. The molecule has 0 radical (unpaired) electrons. The summed E-state index contributed by atoms with van der Waals surface area (Å²) in [5.41, 5.74) is 0. The van der Waals surface area contributed by atoms with E-state index in [0.29, 0.717) is 12.1 Å². The molecule has 1 aliphatic carbocycles. The molecule has 0 aromatic heterocycles. The van der Waals surface area contributed by atoms with Crippen molar-refractivity contribution in [2.75, 3.05) is 13.6 Å². The van der Waals surface area contributed by atoms with Gasteiger partial charge < -0.3 is 5.32 Å². The molecule has 0 heterocycles. The van der Waals surface area contributed by atoms with E-state index in [0.717, 1.165) is 12.6 Å². The van der Waals surface area contributed by atoms with Gasteiger partial charge in [-0.15, -0.1) is 0 Å². The number of hydrogen-bond acceptors (Lipinski definition) is 2. The van der Waals surface area contributed by atoms with Crippen molar-refractivity contribution in [2.24, 2.45) is 0 Å². The van der Waals surface area contributed by atoms with Gasteiger partial charge in [0, 0.05) is 24.7 Å². The van der Waals surface area contributed by atoms with E-state index >= 15 is 0 Å². The van der Waals surface area contributed by atoms with Crippen LogP contribution in [0.3, 0.4) is 0 Å². The fourth-order valence-electron chi connectivity index (χ4n) is 2.90. The molecular weight excluding hydrogens is 208 g/mol. The summed E-state index contributed by atoms with van der Waals surface area (Å²) in [7, 11) is 2.31. The lowest BCUT2D eigenvalue weighted by atomic mass is 9.93. The maximum absolute atomic E-state index is 3.66. The number of nitrogens with one attached hydrogen (secondary N) is 1. The maximum atomic E-state index is 3.66. The smallest absolute Gasteiger partial charge is 0.0192 e. The fraction of sp³-hybridized carbons (Fsp3) is 1.00. The second kappa shape index (κ2) is 8.10. The summed E-state index contributed by atoms with van der Waals surface area (Å²) >= 11 is 0. The second-order valence-corrected chi connectivity index (χ2v) is 5.90. The summed E-state index contributed by atoms with van der Waals surface area (Å²) in [5.74, 6) is 0. The monoisotopic (exact) mass is 240 g/mol. The molecule has 1 aliphatic rings. The van der Waals surface area contributed by atoms with Crippen molar-refractivity contribution in [3.05, 3.63) is 0 Å². The van der Waals surface area contributed by atoms with Gasteiger partial charge in [0.25, 0.3) is 0 Å². The van der Waals surface area contributed by atoms with Crippen molar-refractivity contribution in [3.63, 3.8) is 0 Å². The van der Waals surface area contributed by atoms with Gasteiger partial charge in [-0.1, -0.05) is 32.6 Å². The van der Waals surface area contributed by atoms with Crippen LogP contribution in [0.1, 0.15) is 65.7 Å². The van der Waals surface area contributed by atoms with Crippen molar-refractivity contribution in [3.8, 4) is 0 Å². The molecule has 2 nitrogen and oxygen atoms in total. The minimum absolute atomic E-state index is 0.664. The Labute approximate surface area is 108 Å². The third kappa shape index (κ3) is 5.39. The van der Waals surface area contributed by atoms with Gasteiger partial charge in [-0.3, -0.25) is 4.90 Å². The second-order valence-electron chi connectivity index (χ2n) is 5.90. The van der Waals surface area contributed by atoms with Crippen LogP contribution in [0.15, 0.2) is 0 Å². The summed E-state index contributed by atoms with van der Waals surface area (Å²) in [4.78, 5) is 2.60. The third-order valence-corrected chi connectivity index (χ3v) is 4.33. The Kier molecular flexibility index (Phi) is 7.14. The summed E-state index contributed by atoms with van der Waals surface area (Å²) in [6.07, 6.45) is 9.70. The lowest BCUT2D eigenvalue weighted by Gasteiger charge is -2.36. The highest BCUT2D eigenvalue weighted by atomic mass is 15.2. The first kappa shape index (κ1) is 15.0. The molecule has 1 saturated carbocycles. The molecule has 0 aliphatic heterocycles. The Bertz CT molecular complexity index is 187. The molecule has 1 rings (SSSR count). The predicted octanol–water partition coefficient (Wildman–Crippen LogP) is 3.42. The topological polar surface area (TPSA) is 15.3 Å². The van der Waals surface area contributed by atoms with Gasteiger partial charge in [0.05, 0.1) is 0 Å². The van der Waals surface area contributed by atoms with Crippen LogP contribution in [0.25, 0.3) is 0 Å². The van der Waals surface area contributed by atoms with Gasteiger partial charge in [-0.05, 0) is 40.2 Å². The maximum Gasteiger partial charge on any atom is 0.0192 e. The standard InChI is InChI=1S/C15H32N2/c1-5-9-13(2)16-12-14(3)17(4)15-10-7-6-8-11-15/h13-16H,5-12H2,1-4H3. The van der Waals surface area contributed by atoms with Crippen LogP contribution >= 0.6 is 0 Å². The molecule has 0 bridgehead atoms. The highest BCUT2D eigenvalue weighted by Gasteiger charge is 2.21. The molecule has 2 unspecified atom stereocenters. The molecule has 0 aromatic rings. The minimum Gasteiger partial charge on any atom is -0.313 e. The Hall–Kier alpha value is -0.0800. The average Bonchev–Trinajstić information content (AvgIpc) is 2.36. The van der Waals surface area contributed by atoms with Crippen LogP contribution < -0.4 is 5.32 Å². The van der Waals surface area contributed by atoms with Crippen LogP contribution in [0.4, 0.5) is 0 Å². The van der Waals surface area contributed by atoms with Crippen molar-refractivity contribution < 1.29 is 0 Å². The average molecular weight is 240 g/mol. The molecule has 0 aromatic carbocycles. The molecule has 17 heavy (non-hydrogen) atoms. The zero-order valence-electron chi connectivity index (χ0n) is 12.3. The molecule has 0 amide bonds. The third-order valence-electron chi connectivity index (χ3n) is 4.33. The number of rotatable bonds is 7. The van der Waals surface area contributed by atoms with Crippen molar-refractivity contribution in [2.45, 2.75) is 83.8 Å². The number of likely N-dealkylation sites (N-methyl/N-ethyl adjacent to an activating group) is 1. The Morgan fingerprint density at radius 2 is 1.82 bits per heavy atom. The normalized spacial score (nSPS) is 21.7. The van der Waals surface area contributed by atoms with Crippen molar-refractivity contribution in [1.29, 1.82) is 0 Å². The lowest BCUT2D eigenvalue weighted by molar-refractivity contribution is 0.142. The lowest BCUT2D eigenvalue weighted by Crippen LogP contribution is -2.46. The highest BCUT2D eigenvalue weighted by molar-refractivity contribution is 4.78. The van der Waals surface area contributed by atoms with Gasteiger partial charge in [-0.2, -0.15) is 0 Å². The first-order chi connectivity index (χ1) is 8.15. The molecule has 2 heteroatoms. The van der Waals surface area contributed by atoms with Crippen LogP contribution in [-0.2, 0) is 0 Å². The van der Waals surface area contributed by atoms with Gasteiger partial charge in [-0.25, -0.2) is 0 Å². The Morgan fingerprint density at radius 1 is 1.18 bits per heavy atom. The first-order valence-electron chi connectivity index (χ1n) is 7.60. The van der Waals surface area contributed by atoms with Crippen LogP contribution in [0, 0.1) is 0 Å². The molecule has 1 N–H and O–H groups in total. The van der Waals surface area contributed by atoms with E-state index in [4.69, 9.17) is 0 Å². The highest BCUT2D eigenvalue weighted by Crippen LogP contribution is 2.22. The van der Waals surface area contributed by atoms with E-state index < -0.39 is 0 Å². The first-order valence-corrected chi connectivity index (χ1v) is 7.60. The quantitative estimate of drug-likeness (QED) is 0.733. The molecule has 0 spiro atoms. The molecule has 0 saturated heterocycles. The largest absolute Gasteiger partial charge is 0.313 e. The van der Waals surface area contributed by atoms with E-state index in [1.807, 2.05) is 0 Å². The van der Waals surface area contributed by atoms with E-state index in [-0.39, 0.29) is 0 Å². The van der Waals surface area contributed by atoms with Crippen LogP contribution in [0.5, 0.6) is 0 Å². The van der Waals surface area contributed by atoms with Crippen molar-refractivity contribution in [1.82, 2.24) is 10.2 Å². The van der Waals surface area contributed by atoms with Gasteiger partial charge in [0.15, 0.2) is 0 Å². The summed E-state index contributed by atoms with van der Waals surface area (Å²) in [6, 6.07) is 2.17. The predicted molar refractivity (Wildman–Crippen MR) is 76.5 cm³/mol. The Balaban J connectivity index is 2.23. The molecular formula is C15H32N2. The van der Waals surface area contributed by atoms with E-state index in [1.54, 1.807) is 0 Å². The van der Waals surface area contributed by atoms with Gasteiger partial charge in [0.2, 0.25) is 0 Å². The van der Waals surface area contributed by atoms with Gasteiger partial charge in [0.1, 0.15) is 0 Å². The molecule has 1 fully saturated rings. The number of nitrogens with zero attached hydrogens (tertiary/aromatic N) is 1. The fourth-order valence-corrected chi connectivity index (χ4v) is 2.90. The minimum atomic E-state index is 0.664. The van der Waals surface area contributed by atoms with Crippen LogP contribution in [-0.4, -0.2) is 36.6 Å². The van der Waals surface area contributed by atoms with E-state index in [2.05, 4.69) is 38.0 Å². The van der Waals surface area contributed by atoms with Crippen LogP contribution in [0.2, 0.25) is 0 Å².